The molecule has 2 heterocycles. The van der Waals surface area contributed by atoms with Gasteiger partial charge in [-0.05, 0) is 90.2 Å². The van der Waals surface area contributed by atoms with Crippen molar-refractivity contribution in [1.82, 2.24) is 9.13 Å². The maximum Gasteiger partial charge on any atom is 0.101 e. The smallest absolute Gasteiger partial charge is 0.101 e. The SMILES string of the molecule is Cc1ccc(-c2ccc3c4ccccc4n(-c4cc(-c5cccc(C#N)c5)c(-n5c6ccccc6c6ccc(-c7ccc(C)cc7)cc65)cc4C#N)c3c2)cc1. The molecule has 4 heteroatoms. The van der Waals surface area contributed by atoms with Crippen LogP contribution in [0, 0.1) is 36.5 Å². The summed E-state index contributed by atoms with van der Waals surface area (Å²) in [5, 5.41) is 25.7. The third-order valence-corrected chi connectivity index (χ3v) is 11.1. The van der Waals surface area contributed by atoms with Crippen molar-refractivity contribution in [2.45, 2.75) is 13.8 Å². The fourth-order valence-electron chi connectivity index (χ4n) is 8.34. The van der Waals surface area contributed by atoms with Crippen LogP contribution in [0.4, 0.5) is 0 Å². The van der Waals surface area contributed by atoms with Crippen molar-refractivity contribution in [2.75, 3.05) is 0 Å². The van der Waals surface area contributed by atoms with Gasteiger partial charge in [0, 0.05) is 27.1 Å². The third-order valence-electron chi connectivity index (χ3n) is 11.1. The minimum absolute atomic E-state index is 0.546. The van der Waals surface area contributed by atoms with Gasteiger partial charge in [0.1, 0.15) is 6.07 Å². The molecule has 0 atom stereocenters. The van der Waals surface area contributed by atoms with Gasteiger partial charge >= 0.3 is 0 Å². The van der Waals surface area contributed by atoms with Gasteiger partial charge < -0.3 is 9.13 Å². The number of hydrogen-bond acceptors (Lipinski definition) is 2. The Morgan fingerprint density at radius 2 is 0.875 bits per heavy atom. The molecule has 0 aliphatic heterocycles. The lowest BCUT2D eigenvalue weighted by Gasteiger charge is -2.19. The molecule has 0 unspecified atom stereocenters. The molecular weight excluding hydrogens is 681 g/mol. The number of benzene rings is 8. The average Bonchev–Trinajstić information content (AvgIpc) is 3.75. The molecule has 0 spiro atoms. The van der Waals surface area contributed by atoms with Crippen LogP contribution in [0.3, 0.4) is 0 Å². The Kier molecular flexibility index (Phi) is 7.66. The number of aryl methyl sites for hydroxylation is 2. The van der Waals surface area contributed by atoms with Gasteiger partial charge in [0.05, 0.1) is 50.6 Å². The van der Waals surface area contributed by atoms with Crippen molar-refractivity contribution < 1.29 is 0 Å². The number of rotatable bonds is 5. The van der Waals surface area contributed by atoms with Gasteiger partial charge in [-0.1, -0.05) is 132 Å². The summed E-state index contributed by atoms with van der Waals surface area (Å²) in [5.41, 5.74) is 15.6. The van der Waals surface area contributed by atoms with Gasteiger partial charge in [0.15, 0.2) is 0 Å². The number of hydrogen-bond donors (Lipinski definition) is 0. The molecule has 0 saturated carbocycles. The second-order valence-corrected chi connectivity index (χ2v) is 14.6. The van der Waals surface area contributed by atoms with Crippen LogP contribution in [0.15, 0.2) is 170 Å². The summed E-state index contributed by atoms with van der Waals surface area (Å²) in [5.74, 6) is 0. The zero-order valence-electron chi connectivity index (χ0n) is 31.0. The molecule has 262 valence electrons. The fraction of sp³-hybridized carbons (Fsp3) is 0.0385. The molecule has 0 N–H and O–H groups in total. The lowest BCUT2D eigenvalue weighted by Crippen LogP contribution is -2.04. The Balaban J connectivity index is 1.30. The Bertz CT molecular complexity index is 3270. The molecule has 0 aliphatic carbocycles. The number of nitrogens with zero attached hydrogens (tertiary/aromatic N) is 4. The first kappa shape index (κ1) is 32.9. The minimum Gasteiger partial charge on any atom is -0.309 e. The summed E-state index contributed by atoms with van der Waals surface area (Å²) in [6.45, 7) is 4.20. The predicted octanol–water partition coefficient (Wildman–Crippen LogP) is 13.2. The van der Waals surface area contributed by atoms with E-state index in [-0.39, 0.29) is 0 Å². The Morgan fingerprint density at radius 3 is 1.41 bits per heavy atom. The van der Waals surface area contributed by atoms with E-state index in [1.165, 1.54) is 11.1 Å². The molecule has 10 aromatic rings. The molecule has 0 aliphatic rings. The van der Waals surface area contributed by atoms with Crippen LogP contribution in [0.2, 0.25) is 0 Å². The molecule has 0 fully saturated rings. The highest BCUT2D eigenvalue weighted by atomic mass is 15.0. The van der Waals surface area contributed by atoms with Crippen LogP contribution in [-0.2, 0) is 0 Å². The van der Waals surface area contributed by atoms with E-state index in [2.05, 4.69) is 181 Å². The van der Waals surface area contributed by atoms with E-state index in [1.807, 2.05) is 24.3 Å². The van der Waals surface area contributed by atoms with E-state index >= 15 is 0 Å². The van der Waals surface area contributed by atoms with Crippen molar-refractivity contribution >= 4 is 43.6 Å². The zero-order chi connectivity index (χ0) is 37.9. The monoisotopic (exact) mass is 714 g/mol. The quantitative estimate of drug-likeness (QED) is 0.178. The maximum absolute atomic E-state index is 11.1. The molecule has 0 saturated heterocycles. The van der Waals surface area contributed by atoms with Gasteiger partial charge in [0.2, 0.25) is 0 Å². The standard InChI is InChI=1S/C52H34N4/c1-33-14-18-36(19-15-33)38-22-24-44-42-10-3-5-12-47(42)55(50(44)27-38)49-30-46(40-9-7-8-35(26-40)31-53)52(29-41(49)32-54)56-48-13-6-4-11-43(48)45-25-23-39(28-51(45)56)37-20-16-34(2)17-21-37/h3-30H,1-2H3. The molecule has 0 amide bonds. The van der Waals surface area contributed by atoms with E-state index < -0.39 is 0 Å². The second-order valence-electron chi connectivity index (χ2n) is 14.6. The van der Waals surface area contributed by atoms with Crippen LogP contribution < -0.4 is 0 Å². The molecule has 10 rings (SSSR count). The lowest BCUT2D eigenvalue weighted by molar-refractivity contribution is 1.14. The summed E-state index contributed by atoms with van der Waals surface area (Å²) >= 11 is 0. The molecule has 56 heavy (non-hydrogen) atoms. The summed E-state index contributed by atoms with van der Waals surface area (Å²) in [6.07, 6.45) is 0. The summed E-state index contributed by atoms with van der Waals surface area (Å²) < 4.78 is 4.53. The molecule has 2 aromatic heterocycles. The fourth-order valence-corrected chi connectivity index (χ4v) is 8.34. The van der Waals surface area contributed by atoms with Crippen molar-refractivity contribution in [3.05, 3.63) is 192 Å². The lowest BCUT2D eigenvalue weighted by atomic mass is 9.97. The molecule has 0 bridgehead atoms. The second kappa shape index (κ2) is 13.0. The van der Waals surface area contributed by atoms with E-state index in [1.54, 1.807) is 0 Å². The van der Waals surface area contributed by atoms with Gasteiger partial charge in [0.25, 0.3) is 0 Å². The first-order chi connectivity index (χ1) is 27.5. The van der Waals surface area contributed by atoms with Crippen LogP contribution in [0.5, 0.6) is 0 Å². The number of aromatic nitrogens is 2. The first-order valence-corrected chi connectivity index (χ1v) is 18.8. The van der Waals surface area contributed by atoms with Crippen LogP contribution in [-0.4, -0.2) is 9.13 Å². The van der Waals surface area contributed by atoms with Crippen molar-refractivity contribution in [3.63, 3.8) is 0 Å². The van der Waals surface area contributed by atoms with Crippen molar-refractivity contribution in [3.8, 4) is 56.9 Å². The predicted molar refractivity (Wildman–Crippen MR) is 230 cm³/mol. The van der Waals surface area contributed by atoms with Crippen LogP contribution in [0.1, 0.15) is 22.3 Å². The van der Waals surface area contributed by atoms with E-state index in [0.29, 0.717) is 11.1 Å². The Labute approximate surface area is 325 Å². The van der Waals surface area contributed by atoms with E-state index in [9.17, 15) is 10.5 Å². The summed E-state index contributed by atoms with van der Waals surface area (Å²) in [4.78, 5) is 0. The summed E-state index contributed by atoms with van der Waals surface area (Å²) in [7, 11) is 0. The number of fused-ring (bicyclic) bond motifs is 6. The number of para-hydroxylation sites is 2. The van der Waals surface area contributed by atoms with Crippen molar-refractivity contribution in [2.24, 2.45) is 0 Å². The highest BCUT2D eigenvalue weighted by molar-refractivity contribution is 6.12. The van der Waals surface area contributed by atoms with Gasteiger partial charge in [-0.2, -0.15) is 10.5 Å². The largest absolute Gasteiger partial charge is 0.309 e. The zero-order valence-corrected chi connectivity index (χ0v) is 31.0. The Morgan fingerprint density at radius 1 is 0.375 bits per heavy atom. The molecule has 8 aromatic carbocycles. The minimum atomic E-state index is 0.546. The van der Waals surface area contributed by atoms with Crippen LogP contribution in [0.25, 0.3) is 88.4 Å². The van der Waals surface area contributed by atoms with Gasteiger partial charge in [-0.15, -0.1) is 0 Å². The Hall–Kier alpha value is -7.66. The highest BCUT2D eigenvalue weighted by Crippen LogP contribution is 2.42. The van der Waals surface area contributed by atoms with E-state index in [0.717, 1.165) is 88.4 Å². The number of nitriles is 2. The van der Waals surface area contributed by atoms with Gasteiger partial charge in [-0.3, -0.25) is 0 Å². The third kappa shape index (κ3) is 5.28. The van der Waals surface area contributed by atoms with Crippen LogP contribution >= 0.6 is 0 Å². The maximum atomic E-state index is 11.1. The normalized spacial score (nSPS) is 11.4. The topological polar surface area (TPSA) is 57.4 Å². The molecule has 0 radical (unpaired) electrons. The average molecular weight is 715 g/mol. The summed E-state index contributed by atoms with van der Waals surface area (Å²) in [6, 6.07) is 64.3. The molecule has 4 nitrogen and oxygen atoms in total. The first-order valence-electron chi connectivity index (χ1n) is 18.8. The highest BCUT2D eigenvalue weighted by Gasteiger charge is 2.22. The van der Waals surface area contributed by atoms with E-state index in [4.69, 9.17) is 0 Å². The van der Waals surface area contributed by atoms with Gasteiger partial charge in [-0.25, -0.2) is 0 Å². The molecular formula is C52H34N4. The van der Waals surface area contributed by atoms with Crippen molar-refractivity contribution in [1.29, 1.82) is 10.5 Å².